The minimum atomic E-state index is -0.456. The van der Waals surface area contributed by atoms with Crippen molar-refractivity contribution >= 4 is 28.3 Å². The predicted molar refractivity (Wildman–Crippen MR) is 76.9 cm³/mol. The fourth-order valence-corrected chi connectivity index (χ4v) is 2.33. The summed E-state index contributed by atoms with van der Waals surface area (Å²) in [5.41, 5.74) is 2.72. The van der Waals surface area contributed by atoms with Crippen LogP contribution in [0.5, 0.6) is 0 Å². The van der Waals surface area contributed by atoms with Gasteiger partial charge in [-0.2, -0.15) is 0 Å². The molecule has 0 unspecified atom stereocenters. The van der Waals surface area contributed by atoms with Crippen LogP contribution in [0.15, 0.2) is 48.8 Å². The van der Waals surface area contributed by atoms with E-state index in [-0.39, 0.29) is 5.69 Å². The van der Waals surface area contributed by atoms with Crippen molar-refractivity contribution in [2.45, 2.75) is 6.54 Å². The highest BCUT2D eigenvalue weighted by molar-refractivity contribution is 6.31. The Labute approximate surface area is 119 Å². The van der Waals surface area contributed by atoms with Gasteiger partial charge < -0.3 is 4.57 Å². The first kappa shape index (κ1) is 12.6. The highest BCUT2D eigenvalue weighted by Gasteiger charge is 2.10. The molecule has 0 saturated heterocycles. The maximum Gasteiger partial charge on any atom is 0.270 e. The Bertz CT molecular complexity index is 798. The molecule has 0 radical (unpaired) electrons. The normalized spacial score (nSPS) is 10.8. The average Bonchev–Trinajstić information content (AvgIpc) is 2.84. The van der Waals surface area contributed by atoms with Crippen molar-refractivity contribution in [1.82, 2.24) is 9.55 Å². The van der Waals surface area contributed by atoms with Crippen LogP contribution in [0.2, 0.25) is 5.02 Å². The lowest BCUT2D eigenvalue weighted by Gasteiger charge is -2.06. The number of halogens is 1. The molecule has 100 valence electrons. The van der Waals surface area contributed by atoms with E-state index in [9.17, 15) is 10.1 Å². The fraction of sp³-hybridized carbons (Fsp3) is 0.0714. The number of non-ortho nitro benzene ring substituents is 1. The molecule has 3 rings (SSSR count). The molecule has 1 heterocycles. The minimum absolute atomic E-state index is 0.00533. The molecular formula is C14H10ClN3O2. The van der Waals surface area contributed by atoms with Crippen LogP contribution in [-0.2, 0) is 6.54 Å². The van der Waals surface area contributed by atoms with Crippen molar-refractivity contribution in [3.05, 3.63) is 69.5 Å². The molecule has 3 aromatic rings. The molecule has 0 N–H and O–H groups in total. The summed E-state index contributed by atoms with van der Waals surface area (Å²) in [4.78, 5) is 14.5. The lowest BCUT2D eigenvalue weighted by Crippen LogP contribution is -1.99. The number of benzene rings is 2. The second kappa shape index (κ2) is 4.94. The first-order valence-electron chi connectivity index (χ1n) is 5.98. The second-order valence-corrected chi connectivity index (χ2v) is 4.80. The molecule has 0 aliphatic carbocycles. The molecule has 0 spiro atoms. The molecule has 2 aromatic carbocycles. The molecule has 0 aliphatic heterocycles. The highest BCUT2D eigenvalue weighted by atomic mass is 35.5. The summed E-state index contributed by atoms with van der Waals surface area (Å²) in [6.45, 7) is 0.525. The average molecular weight is 288 g/mol. The molecule has 0 saturated carbocycles. The summed E-state index contributed by atoms with van der Waals surface area (Å²) in [5, 5.41) is 11.1. The first-order valence-corrected chi connectivity index (χ1v) is 6.35. The summed E-state index contributed by atoms with van der Waals surface area (Å²) >= 11 is 6.10. The number of para-hydroxylation sites is 2. The molecule has 20 heavy (non-hydrogen) atoms. The van der Waals surface area contributed by atoms with E-state index in [1.807, 2.05) is 28.8 Å². The third kappa shape index (κ3) is 2.23. The molecule has 0 fully saturated rings. The summed E-state index contributed by atoms with van der Waals surface area (Å²) in [6.07, 6.45) is 1.74. The van der Waals surface area contributed by atoms with Gasteiger partial charge in [0.2, 0.25) is 0 Å². The van der Waals surface area contributed by atoms with Gasteiger partial charge in [-0.1, -0.05) is 23.7 Å². The quantitative estimate of drug-likeness (QED) is 0.546. The van der Waals surface area contributed by atoms with E-state index < -0.39 is 4.92 Å². The molecule has 5 nitrogen and oxygen atoms in total. The smallest absolute Gasteiger partial charge is 0.270 e. The van der Waals surface area contributed by atoms with Crippen LogP contribution in [0.25, 0.3) is 11.0 Å². The van der Waals surface area contributed by atoms with Gasteiger partial charge in [-0.15, -0.1) is 0 Å². The standard InChI is InChI=1S/C14H10ClN3O2/c15-12-7-11(18(19)20)6-5-10(12)8-17-9-16-13-3-1-2-4-14(13)17/h1-7,9H,8H2. The maximum absolute atomic E-state index is 10.7. The molecule has 0 aliphatic rings. The Balaban J connectivity index is 1.97. The Hall–Kier alpha value is -2.40. The van der Waals surface area contributed by atoms with Gasteiger partial charge in [0.1, 0.15) is 0 Å². The van der Waals surface area contributed by atoms with E-state index in [2.05, 4.69) is 4.98 Å². The topological polar surface area (TPSA) is 61.0 Å². The molecule has 0 amide bonds. The Morgan fingerprint density at radius 3 is 2.80 bits per heavy atom. The lowest BCUT2D eigenvalue weighted by atomic mass is 10.2. The third-order valence-electron chi connectivity index (χ3n) is 3.12. The number of hydrogen-bond donors (Lipinski definition) is 0. The van der Waals surface area contributed by atoms with E-state index in [0.717, 1.165) is 16.6 Å². The van der Waals surface area contributed by atoms with Crippen molar-refractivity contribution in [3.63, 3.8) is 0 Å². The van der Waals surface area contributed by atoms with Crippen LogP contribution in [0, 0.1) is 10.1 Å². The van der Waals surface area contributed by atoms with Crippen LogP contribution in [-0.4, -0.2) is 14.5 Å². The second-order valence-electron chi connectivity index (χ2n) is 4.39. The number of nitro benzene ring substituents is 1. The van der Waals surface area contributed by atoms with E-state index in [1.54, 1.807) is 12.4 Å². The van der Waals surface area contributed by atoms with Gasteiger partial charge in [-0.25, -0.2) is 4.98 Å². The van der Waals surface area contributed by atoms with Gasteiger partial charge in [-0.3, -0.25) is 10.1 Å². The Morgan fingerprint density at radius 2 is 2.05 bits per heavy atom. The first-order chi connectivity index (χ1) is 9.65. The molecule has 0 bridgehead atoms. The Kier molecular flexibility index (Phi) is 3.12. The monoisotopic (exact) mass is 287 g/mol. The number of rotatable bonds is 3. The highest BCUT2D eigenvalue weighted by Crippen LogP contribution is 2.24. The molecular weight excluding hydrogens is 278 g/mol. The van der Waals surface area contributed by atoms with Gasteiger partial charge >= 0.3 is 0 Å². The van der Waals surface area contributed by atoms with Crippen molar-refractivity contribution in [2.24, 2.45) is 0 Å². The fourth-order valence-electron chi connectivity index (χ4n) is 2.10. The number of nitrogens with zero attached hydrogens (tertiary/aromatic N) is 3. The zero-order chi connectivity index (χ0) is 14.1. The van der Waals surface area contributed by atoms with Gasteiger partial charge in [0.25, 0.3) is 5.69 Å². The Morgan fingerprint density at radius 1 is 1.25 bits per heavy atom. The number of aromatic nitrogens is 2. The van der Waals surface area contributed by atoms with Crippen LogP contribution >= 0.6 is 11.6 Å². The maximum atomic E-state index is 10.7. The SMILES string of the molecule is O=[N+]([O-])c1ccc(Cn2cnc3ccccc32)c(Cl)c1. The minimum Gasteiger partial charge on any atom is -0.326 e. The van der Waals surface area contributed by atoms with Crippen molar-refractivity contribution in [3.8, 4) is 0 Å². The zero-order valence-electron chi connectivity index (χ0n) is 10.4. The summed E-state index contributed by atoms with van der Waals surface area (Å²) in [7, 11) is 0. The summed E-state index contributed by atoms with van der Waals surface area (Å²) < 4.78 is 1.96. The molecule has 6 heteroatoms. The third-order valence-corrected chi connectivity index (χ3v) is 3.47. The summed E-state index contributed by atoms with van der Waals surface area (Å²) in [5.74, 6) is 0. The predicted octanol–water partition coefficient (Wildman–Crippen LogP) is 3.65. The molecule has 0 atom stereocenters. The van der Waals surface area contributed by atoms with Gasteiger partial charge in [-0.05, 0) is 23.8 Å². The lowest BCUT2D eigenvalue weighted by molar-refractivity contribution is -0.384. The van der Waals surface area contributed by atoms with Crippen LogP contribution in [0.4, 0.5) is 5.69 Å². The number of imidazole rings is 1. The van der Waals surface area contributed by atoms with E-state index >= 15 is 0 Å². The van der Waals surface area contributed by atoms with E-state index in [1.165, 1.54) is 12.1 Å². The zero-order valence-corrected chi connectivity index (χ0v) is 11.1. The van der Waals surface area contributed by atoms with Crippen molar-refractivity contribution in [1.29, 1.82) is 0 Å². The summed E-state index contributed by atoms with van der Waals surface area (Å²) in [6, 6.07) is 12.3. The van der Waals surface area contributed by atoms with Gasteiger partial charge in [0.15, 0.2) is 0 Å². The number of nitro groups is 1. The van der Waals surface area contributed by atoms with E-state index in [4.69, 9.17) is 11.6 Å². The number of fused-ring (bicyclic) bond motifs is 1. The van der Waals surface area contributed by atoms with Crippen LogP contribution in [0.3, 0.4) is 0 Å². The van der Waals surface area contributed by atoms with Gasteiger partial charge in [0.05, 0.1) is 33.9 Å². The van der Waals surface area contributed by atoms with Crippen molar-refractivity contribution < 1.29 is 4.92 Å². The van der Waals surface area contributed by atoms with E-state index in [0.29, 0.717) is 11.6 Å². The van der Waals surface area contributed by atoms with Crippen LogP contribution in [0.1, 0.15) is 5.56 Å². The van der Waals surface area contributed by atoms with Crippen molar-refractivity contribution in [2.75, 3.05) is 0 Å². The van der Waals surface area contributed by atoms with Gasteiger partial charge in [0, 0.05) is 12.1 Å². The number of hydrogen-bond acceptors (Lipinski definition) is 3. The molecule has 1 aromatic heterocycles. The van der Waals surface area contributed by atoms with Crippen LogP contribution < -0.4 is 0 Å². The largest absolute Gasteiger partial charge is 0.326 e.